The molecule has 0 spiro atoms. The molecule has 0 aromatic heterocycles. The van der Waals surface area contributed by atoms with Crippen LogP contribution < -0.4 is 5.32 Å². The maximum atomic E-state index is 12.1. The van der Waals surface area contributed by atoms with Gasteiger partial charge < -0.3 is 20.0 Å². The van der Waals surface area contributed by atoms with Crippen LogP contribution in [-0.4, -0.2) is 85.3 Å². The van der Waals surface area contributed by atoms with Crippen LogP contribution in [0.25, 0.3) is 0 Å². The number of carbonyl (C=O) groups is 2. The molecule has 0 aromatic carbocycles. The Morgan fingerprint density at radius 3 is 2.48 bits per heavy atom. The lowest BCUT2D eigenvalue weighted by atomic mass is 10.2. The minimum atomic E-state index is -0.0537. The Labute approximate surface area is 156 Å². The van der Waals surface area contributed by atoms with Crippen molar-refractivity contribution in [3.05, 3.63) is 0 Å². The van der Waals surface area contributed by atoms with Crippen LogP contribution in [0, 0.1) is 0 Å². The van der Waals surface area contributed by atoms with E-state index >= 15 is 0 Å². The Hall–Kier alpha value is -1.06. The second-order valence-electron chi connectivity index (χ2n) is 5.78. The zero-order valence-corrected chi connectivity index (χ0v) is 17.2. The predicted molar refractivity (Wildman–Crippen MR) is 103 cm³/mol. The van der Waals surface area contributed by atoms with E-state index in [0.717, 1.165) is 19.5 Å². The van der Waals surface area contributed by atoms with Crippen LogP contribution in [0.2, 0.25) is 0 Å². The van der Waals surface area contributed by atoms with Crippen LogP contribution >= 0.6 is 24.0 Å². The summed E-state index contributed by atoms with van der Waals surface area (Å²) >= 11 is 0. The second kappa shape index (κ2) is 10.7. The highest BCUT2D eigenvalue weighted by molar-refractivity contribution is 14.0. The molecule has 134 valence electrons. The first kappa shape index (κ1) is 21.9. The molecule has 0 saturated carbocycles. The number of rotatable bonds is 5. The third-order valence-electron chi connectivity index (χ3n) is 3.85. The molecule has 1 atom stereocenters. The molecule has 1 fully saturated rings. The van der Waals surface area contributed by atoms with Crippen LogP contribution in [0.3, 0.4) is 0 Å². The summed E-state index contributed by atoms with van der Waals surface area (Å²) in [6.07, 6.45) is 0.948. The van der Waals surface area contributed by atoms with Gasteiger partial charge in [0.1, 0.15) is 6.54 Å². The van der Waals surface area contributed by atoms with Gasteiger partial charge in [0, 0.05) is 39.8 Å². The minimum Gasteiger partial charge on any atom is -0.354 e. The van der Waals surface area contributed by atoms with Crippen molar-refractivity contribution in [2.45, 2.75) is 33.2 Å². The smallest absolute Gasteiger partial charge is 0.243 e. The van der Waals surface area contributed by atoms with Gasteiger partial charge in [-0.1, -0.05) is 6.92 Å². The quantitative estimate of drug-likeness (QED) is 0.387. The molecular weight excluding hydrogens is 409 g/mol. The first-order valence-electron chi connectivity index (χ1n) is 7.92. The molecule has 7 nitrogen and oxygen atoms in total. The summed E-state index contributed by atoms with van der Waals surface area (Å²) in [5.74, 6) is 0.696. The molecule has 1 heterocycles. The molecule has 2 amide bonds. The summed E-state index contributed by atoms with van der Waals surface area (Å²) in [5, 5.41) is 3.32. The average Bonchev–Trinajstić information content (AvgIpc) is 2.50. The van der Waals surface area contributed by atoms with Crippen molar-refractivity contribution in [3.63, 3.8) is 0 Å². The largest absolute Gasteiger partial charge is 0.354 e. The summed E-state index contributed by atoms with van der Waals surface area (Å²) in [6.45, 7) is 8.69. The fourth-order valence-corrected chi connectivity index (χ4v) is 2.07. The molecule has 0 aromatic rings. The first-order chi connectivity index (χ1) is 10.4. The molecule has 1 N–H and O–H groups in total. The van der Waals surface area contributed by atoms with Gasteiger partial charge in [-0.15, -0.1) is 24.0 Å². The van der Waals surface area contributed by atoms with Crippen molar-refractivity contribution >= 4 is 41.8 Å². The van der Waals surface area contributed by atoms with Crippen LogP contribution in [0.15, 0.2) is 4.99 Å². The maximum Gasteiger partial charge on any atom is 0.243 e. The molecule has 1 aliphatic heterocycles. The number of nitrogens with zero attached hydrogens (tertiary/aromatic N) is 4. The lowest BCUT2D eigenvalue weighted by molar-refractivity contribution is -0.134. The topological polar surface area (TPSA) is 68.2 Å². The molecule has 23 heavy (non-hydrogen) atoms. The highest BCUT2D eigenvalue weighted by Crippen LogP contribution is 2.05. The van der Waals surface area contributed by atoms with Gasteiger partial charge in [-0.25, -0.2) is 4.99 Å². The fourth-order valence-electron chi connectivity index (χ4n) is 2.07. The van der Waals surface area contributed by atoms with E-state index in [0.29, 0.717) is 19.0 Å². The minimum absolute atomic E-state index is 0. The highest BCUT2D eigenvalue weighted by atomic mass is 127. The summed E-state index contributed by atoms with van der Waals surface area (Å²) in [5.41, 5.74) is 0. The van der Waals surface area contributed by atoms with Gasteiger partial charge in [0.05, 0.1) is 6.54 Å². The number of nitrogens with one attached hydrogen (secondary N) is 1. The summed E-state index contributed by atoms with van der Waals surface area (Å²) in [7, 11) is 3.42. The monoisotopic (exact) mass is 439 g/mol. The standard InChI is InChI=1S/C15H29N5O2.HI/c1-6-12(3)17-15(16-10-13(21)18(4)5)20-9-8-19(7-2)14(22)11-20;/h12H,6-11H2,1-5H3,(H,16,17);1H. The third-order valence-corrected chi connectivity index (χ3v) is 3.85. The van der Waals surface area contributed by atoms with E-state index in [1.807, 2.05) is 16.7 Å². The number of amides is 2. The van der Waals surface area contributed by atoms with Gasteiger partial charge in [-0.2, -0.15) is 0 Å². The lowest BCUT2D eigenvalue weighted by Crippen LogP contribution is -2.56. The maximum absolute atomic E-state index is 12.1. The zero-order valence-electron chi connectivity index (χ0n) is 14.8. The number of hydrogen-bond donors (Lipinski definition) is 1. The van der Waals surface area contributed by atoms with Gasteiger partial charge in [-0.05, 0) is 20.3 Å². The average molecular weight is 439 g/mol. The van der Waals surface area contributed by atoms with E-state index < -0.39 is 0 Å². The Morgan fingerprint density at radius 1 is 1.35 bits per heavy atom. The van der Waals surface area contributed by atoms with E-state index in [1.165, 1.54) is 4.90 Å². The number of aliphatic imine (C=N–C) groups is 1. The summed E-state index contributed by atoms with van der Waals surface area (Å²) < 4.78 is 0. The molecule has 1 rings (SSSR count). The molecular formula is C15H30IN5O2. The van der Waals surface area contributed by atoms with Crippen molar-refractivity contribution in [3.8, 4) is 0 Å². The number of guanidine groups is 1. The van der Waals surface area contributed by atoms with Crippen LogP contribution in [-0.2, 0) is 9.59 Å². The SMILES string of the molecule is CCC(C)NC(=NCC(=O)N(C)C)N1CCN(CC)C(=O)C1.I. The van der Waals surface area contributed by atoms with Crippen molar-refractivity contribution in [1.82, 2.24) is 20.0 Å². The second-order valence-corrected chi connectivity index (χ2v) is 5.78. The Bertz CT molecular complexity index is 428. The van der Waals surface area contributed by atoms with Crippen LogP contribution in [0.1, 0.15) is 27.2 Å². The highest BCUT2D eigenvalue weighted by Gasteiger charge is 2.25. The Morgan fingerprint density at radius 2 is 2.00 bits per heavy atom. The molecule has 1 aliphatic rings. The van der Waals surface area contributed by atoms with Gasteiger partial charge in [0.2, 0.25) is 11.8 Å². The summed E-state index contributed by atoms with van der Waals surface area (Å²) in [6, 6.07) is 0.243. The van der Waals surface area contributed by atoms with E-state index in [2.05, 4.69) is 24.2 Å². The van der Waals surface area contributed by atoms with E-state index in [4.69, 9.17) is 0 Å². The molecule has 0 bridgehead atoms. The van der Waals surface area contributed by atoms with E-state index in [-0.39, 0.29) is 48.4 Å². The number of piperazine rings is 1. The normalized spacial score (nSPS) is 16.7. The molecule has 1 unspecified atom stereocenters. The Kier molecular flexibility index (Phi) is 10.2. The van der Waals surface area contributed by atoms with Crippen LogP contribution in [0.4, 0.5) is 0 Å². The van der Waals surface area contributed by atoms with Gasteiger partial charge in [-0.3, -0.25) is 9.59 Å². The van der Waals surface area contributed by atoms with Crippen LogP contribution in [0.5, 0.6) is 0 Å². The Balaban J connectivity index is 0.00000484. The lowest BCUT2D eigenvalue weighted by Gasteiger charge is -2.36. The summed E-state index contributed by atoms with van der Waals surface area (Å²) in [4.78, 5) is 33.5. The van der Waals surface area contributed by atoms with Gasteiger partial charge >= 0.3 is 0 Å². The number of likely N-dealkylation sites (N-methyl/N-ethyl adjacent to an activating group) is 2. The molecule has 0 radical (unpaired) electrons. The fraction of sp³-hybridized carbons (Fsp3) is 0.800. The van der Waals surface area contributed by atoms with Gasteiger partial charge in [0.25, 0.3) is 0 Å². The van der Waals surface area contributed by atoms with Crippen molar-refractivity contribution in [1.29, 1.82) is 0 Å². The van der Waals surface area contributed by atoms with E-state index in [9.17, 15) is 9.59 Å². The molecule has 8 heteroatoms. The molecule has 1 saturated heterocycles. The first-order valence-corrected chi connectivity index (χ1v) is 7.92. The van der Waals surface area contributed by atoms with Gasteiger partial charge in [0.15, 0.2) is 5.96 Å². The van der Waals surface area contributed by atoms with Crippen molar-refractivity contribution in [2.24, 2.45) is 4.99 Å². The zero-order chi connectivity index (χ0) is 16.7. The number of carbonyl (C=O) groups excluding carboxylic acids is 2. The number of halogens is 1. The van der Waals surface area contributed by atoms with Crippen molar-refractivity contribution in [2.75, 3.05) is 46.8 Å². The van der Waals surface area contributed by atoms with Crippen molar-refractivity contribution < 1.29 is 9.59 Å². The number of hydrogen-bond acceptors (Lipinski definition) is 3. The third kappa shape index (κ3) is 6.92. The predicted octanol–water partition coefficient (Wildman–Crippen LogP) is 0.601. The van der Waals surface area contributed by atoms with E-state index in [1.54, 1.807) is 14.1 Å². The molecule has 0 aliphatic carbocycles.